The van der Waals surface area contributed by atoms with Crippen molar-refractivity contribution in [1.82, 2.24) is 0 Å². The molecule has 0 radical (unpaired) electrons. The second-order valence-electron chi connectivity index (χ2n) is 4.65. The van der Waals surface area contributed by atoms with Crippen LogP contribution in [0.4, 0.5) is 4.39 Å². The fourth-order valence-electron chi connectivity index (χ4n) is 2.19. The predicted molar refractivity (Wildman–Crippen MR) is 55.2 cm³/mol. The van der Waals surface area contributed by atoms with E-state index in [1.807, 2.05) is 6.92 Å². The molecule has 0 amide bonds. The van der Waals surface area contributed by atoms with E-state index < -0.39 is 5.82 Å². The van der Waals surface area contributed by atoms with Crippen LogP contribution in [0.5, 0.6) is 11.5 Å². The zero-order valence-corrected chi connectivity index (χ0v) is 9.00. The summed E-state index contributed by atoms with van der Waals surface area (Å²) < 4.78 is 24.3. The molecule has 1 aromatic carbocycles. The topological polar surface area (TPSA) is 42.0 Å². The molecule has 2 heterocycles. The van der Waals surface area contributed by atoms with Gasteiger partial charge in [-0.1, -0.05) is 0 Å². The molecule has 0 unspecified atom stereocenters. The maximum Gasteiger partial charge on any atom is 0.168 e. The summed E-state index contributed by atoms with van der Waals surface area (Å²) in [5.74, 6) is -0.423. The van der Waals surface area contributed by atoms with Crippen LogP contribution in [0, 0.1) is 5.82 Å². The zero-order valence-electron chi connectivity index (χ0n) is 9.00. The SMILES string of the molecule is C[C@@]1([C@@H]2CO2)CCc2cc(O)c(F)cc2O1. The Morgan fingerprint density at radius 2 is 2.25 bits per heavy atom. The molecule has 16 heavy (non-hydrogen) atoms. The van der Waals surface area contributed by atoms with Crippen LogP contribution in [-0.4, -0.2) is 23.4 Å². The van der Waals surface area contributed by atoms with Crippen LogP contribution in [-0.2, 0) is 11.2 Å². The van der Waals surface area contributed by atoms with Crippen molar-refractivity contribution in [1.29, 1.82) is 0 Å². The summed E-state index contributed by atoms with van der Waals surface area (Å²) in [7, 11) is 0. The van der Waals surface area contributed by atoms with Crippen molar-refractivity contribution in [2.45, 2.75) is 31.5 Å². The predicted octanol–water partition coefficient (Wildman–Crippen LogP) is 2.01. The Balaban J connectivity index is 1.96. The normalized spacial score (nSPS) is 31.8. The fraction of sp³-hybridized carbons (Fsp3) is 0.500. The van der Waals surface area contributed by atoms with Crippen LogP contribution in [0.15, 0.2) is 12.1 Å². The lowest BCUT2D eigenvalue weighted by Gasteiger charge is -2.34. The molecule has 1 N–H and O–H groups in total. The number of benzene rings is 1. The molecule has 1 fully saturated rings. The third-order valence-electron chi connectivity index (χ3n) is 3.38. The minimum Gasteiger partial charge on any atom is -0.505 e. The number of aromatic hydroxyl groups is 1. The van der Waals surface area contributed by atoms with E-state index in [4.69, 9.17) is 9.47 Å². The molecular weight excluding hydrogens is 211 g/mol. The number of epoxide rings is 1. The van der Waals surface area contributed by atoms with Gasteiger partial charge in [-0.2, -0.15) is 0 Å². The molecule has 1 saturated heterocycles. The Hall–Kier alpha value is -1.29. The summed E-state index contributed by atoms with van der Waals surface area (Å²) >= 11 is 0. The van der Waals surface area contributed by atoms with Crippen molar-refractivity contribution in [3.8, 4) is 11.5 Å². The van der Waals surface area contributed by atoms with Gasteiger partial charge in [-0.3, -0.25) is 0 Å². The number of aryl methyl sites for hydroxylation is 1. The lowest BCUT2D eigenvalue weighted by Crippen LogP contribution is -2.41. The number of hydrogen-bond donors (Lipinski definition) is 1. The van der Waals surface area contributed by atoms with Crippen molar-refractivity contribution < 1.29 is 19.0 Å². The number of hydrogen-bond acceptors (Lipinski definition) is 3. The average Bonchev–Trinajstić information content (AvgIpc) is 3.04. The summed E-state index contributed by atoms with van der Waals surface area (Å²) in [5, 5.41) is 9.27. The molecule has 0 spiro atoms. The highest BCUT2D eigenvalue weighted by Crippen LogP contribution is 2.41. The van der Waals surface area contributed by atoms with Crippen LogP contribution < -0.4 is 4.74 Å². The summed E-state index contributed by atoms with van der Waals surface area (Å²) in [4.78, 5) is 0. The minimum atomic E-state index is -0.639. The molecule has 3 rings (SSSR count). The first-order valence-electron chi connectivity index (χ1n) is 5.40. The standard InChI is InChI=1S/C12H13FO3/c1-12(11-6-15-11)3-2-7-4-9(14)8(13)5-10(7)16-12/h4-5,11,14H,2-3,6H2,1H3/t11-,12-/m0/s1. The molecule has 1 aromatic rings. The van der Waals surface area contributed by atoms with Crippen LogP contribution in [0.1, 0.15) is 18.9 Å². The molecule has 2 aliphatic rings. The van der Waals surface area contributed by atoms with E-state index in [-0.39, 0.29) is 17.5 Å². The second-order valence-corrected chi connectivity index (χ2v) is 4.65. The van der Waals surface area contributed by atoms with Gasteiger partial charge < -0.3 is 14.6 Å². The van der Waals surface area contributed by atoms with E-state index in [0.29, 0.717) is 12.4 Å². The number of rotatable bonds is 1. The molecule has 3 nitrogen and oxygen atoms in total. The van der Waals surface area contributed by atoms with Gasteiger partial charge in [0.1, 0.15) is 17.5 Å². The summed E-state index contributed by atoms with van der Waals surface area (Å²) in [6.07, 6.45) is 1.73. The first kappa shape index (κ1) is 9.90. The minimum absolute atomic E-state index is 0.123. The zero-order chi connectivity index (χ0) is 11.3. The molecule has 0 saturated carbocycles. The first-order chi connectivity index (χ1) is 7.58. The molecule has 4 heteroatoms. The van der Waals surface area contributed by atoms with E-state index >= 15 is 0 Å². The summed E-state index contributed by atoms with van der Waals surface area (Å²) in [5.41, 5.74) is 0.508. The van der Waals surface area contributed by atoms with Crippen molar-refractivity contribution >= 4 is 0 Å². The lowest BCUT2D eigenvalue weighted by atomic mass is 9.90. The quantitative estimate of drug-likeness (QED) is 0.742. The third-order valence-corrected chi connectivity index (χ3v) is 3.38. The van der Waals surface area contributed by atoms with Crippen LogP contribution in [0.3, 0.4) is 0 Å². The van der Waals surface area contributed by atoms with Crippen molar-refractivity contribution in [2.75, 3.05) is 6.61 Å². The highest BCUT2D eigenvalue weighted by Gasteiger charge is 2.47. The largest absolute Gasteiger partial charge is 0.505 e. The number of phenolic OH excluding ortho intramolecular Hbond substituents is 1. The Morgan fingerprint density at radius 1 is 1.50 bits per heavy atom. The van der Waals surface area contributed by atoms with E-state index in [1.54, 1.807) is 0 Å². The van der Waals surface area contributed by atoms with Crippen molar-refractivity contribution in [2.24, 2.45) is 0 Å². The number of ether oxygens (including phenoxy) is 2. The summed E-state index contributed by atoms with van der Waals surface area (Å²) in [6, 6.07) is 2.70. The first-order valence-corrected chi connectivity index (χ1v) is 5.40. The molecule has 0 aliphatic carbocycles. The van der Waals surface area contributed by atoms with Crippen LogP contribution in [0.2, 0.25) is 0 Å². The monoisotopic (exact) mass is 224 g/mol. The smallest absolute Gasteiger partial charge is 0.168 e. The van der Waals surface area contributed by atoms with Gasteiger partial charge >= 0.3 is 0 Å². The molecule has 0 bridgehead atoms. The molecule has 2 aliphatic heterocycles. The Labute approximate surface area is 92.8 Å². The van der Waals surface area contributed by atoms with Crippen LogP contribution >= 0.6 is 0 Å². The average molecular weight is 224 g/mol. The second kappa shape index (κ2) is 3.10. The Morgan fingerprint density at radius 3 is 2.94 bits per heavy atom. The van der Waals surface area contributed by atoms with Gasteiger partial charge in [0, 0.05) is 6.07 Å². The molecule has 0 aromatic heterocycles. The van der Waals surface area contributed by atoms with Crippen LogP contribution in [0.25, 0.3) is 0 Å². The Bertz CT molecular complexity index is 442. The van der Waals surface area contributed by atoms with E-state index in [1.165, 1.54) is 12.1 Å². The van der Waals surface area contributed by atoms with Gasteiger partial charge in [-0.05, 0) is 31.4 Å². The molecule has 86 valence electrons. The number of phenols is 1. The van der Waals surface area contributed by atoms with E-state index in [0.717, 1.165) is 18.4 Å². The van der Waals surface area contributed by atoms with Gasteiger partial charge in [0.15, 0.2) is 11.6 Å². The van der Waals surface area contributed by atoms with Crippen molar-refractivity contribution in [3.63, 3.8) is 0 Å². The van der Waals surface area contributed by atoms with E-state index in [2.05, 4.69) is 0 Å². The van der Waals surface area contributed by atoms with Crippen molar-refractivity contribution in [3.05, 3.63) is 23.5 Å². The number of halogens is 1. The number of fused-ring (bicyclic) bond motifs is 1. The van der Waals surface area contributed by atoms with Gasteiger partial charge in [-0.25, -0.2) is 4.39 Å². The summed E-state index contributed by atoms with van der Waals surface area (Å²) in [6.45, 7) is 2.70. The van der Waals surface area contributed by atoms with Gasteiger partial charge in [0.2, 0.25) is 0 Å². The van der Waals surface area contributed by atoms with E-state index in [9.17, 15) is 9.50 Å². The Kier molecular flexibility index (Phi) is 1.92. The van der Waals surface area contributed by atoms with Gasteiger partial charge in [0.25, 0.3) is 0 Å². The maximum absolute atomic E-state index is 13.2. The molecule has 2 atom stereocenters. The maximum atomic E-state index is 13.2. The highest BCUT2D eigenvalue weighted by atomic mass is 19.1. The van der Waals surface area contributed by atoms with Gasteiger partial charge in [-0.15, -0.1) is 0 Å². The lowest BCUT2D eigenvalue weighted by molar-refractivity contribution is 0.0350. The highest BCUT2D eigenvalue weighted by molar-refractivity contribution is 5.43. The third kappa shape index (κ3) is 1.45. The molecular formula is C12H13FO3. The van der Waals surface area contributed by atoms with Gasteiger partial charge in [0.05, 0.1) is 6.61 Å². The fourth-order valence-corrected chi connectivity index (χ4v) is 2.19.